The van der Waals surface area contributed by atoms with Gasteiger partial charge < -0.3 is 15.4 Å². The molecule has 0 spiro atoms. The molecule has 184 valence electrons. The summed E-state index contributed by atoms with van der Waals surface area (Å²) in [6, 6.07) is 20.4. The van der Waals surface area contributed by atoms with Gasteiger partial charge in [0, 0.05) is 39.4 Å². The van der Waals surface area contributed by atoms with E-state index >= 15 is 0 Å². The first-order chi connectivity index (χ1) is 16.9. The first-order valence-electron chi connectivity index (χ1n) is 12.4. The Bertz CT molecular complexity index is 1210. The second-order valence-corrected chi connectivity index (χ2v) is 11.5. The molecule has 0 aromatic heterocycles. The molecule has 4 nitrogen and oxygen atoms in total. The summed E-state index contributed by atoms with van der Waals surface area (Å²) >= 11 is 0. The highest BCUT2D eigenvalue weighted by atomic mass is 32.2. The van der Waals surface area contributed by atoms with E-state index in [1.165, 1.54) is 16.7 Å². The Balaban J connectivity index is 1.56. The molecule has 1 aliphatic rings. The van der Waals surface area contributed by atoms with Gasteiger partial charge in [0.1, 0.15) is 12.3 Å². The van der Waals surface area contributed by atoms with Crippen LogP contribution in [0.1, 0.15) is 53.6 Å². The normalized spacial score (nSPS) is 18.0. The Morgan fingerprint density at radius 2 is 1.69 bits per heavy atom. The van der Waals surface area contributed by atoms with E-state index in [0.717, 1.165) is 60.2 Å². The van der Waals surface area contributed by atoms with Crippen LogP contribution in [0.25, 0.3) is 0 Å². The molecule has 4 atom stereocenters. The zero-order valence-corrected chi connectivity index (χ0v) is 22.0. The molecule has 0 fully saturated rings. The summed E-state index contributed by atoms with van der Waals surface area (Å²) in [6.45, 7) is 6.22. The highest BCUT2D eigenvalue weighted by Gasteiger charge is 2.25. The quantitative estimate of drug-likeness (QED) is 0.275. The van der Waals surface area contributed by atoms with Crippen LogP contribution < -0.4 is 10.6 Å². The zero-order valence-electron chi connectivity index (χ0n) is 21.1. The van der Waals surface area contributed by atoms with E-state index in [1.54, 1.807) is 0 Å². The third kappa shape index (κ3) is 6.02. The standard InChI is InChI=1S/C30H36N2O2S/c1-20-8-14-25(15-9-20)31-30(19-33)28-18-26(16-10-21(28)2)32-29-7-5-6-24-12-11-23(13-17-27(24)29)22(3)35(4)34/h5-10,14-16,18-19,22-23,30-32H,11-13,17H2,1-4H3. The number of hydrogen-bond donors (Lipinski definition) is 2. The molecule has 0 heterocycles. The average Bonchev–Trinajstić information content (AvgIpc) is 3.08. The Morgan fingerprint density at radius 3 is 2.40 bits per heavy atom. The van der Waals surface area contributed by atoms with E-state index in [0.29, 0.717) is 5.92 Å². The van der Waals surface area contributed by atoms with Crippen molar-refractivity contribution in [1.82, 2.24) is 0 Å². The fraction of sp³-hybridized carbons (Fsp3) is 0.367. The largest absolute Gasteiger partial charge is 0.372 e. The van der Waals surface area contributed by atoms with Crippen LogP contribution in [0.2, 0.25) is 0 Å². The van der Waals surface area contributed by atoms with Crippen LogP contribution in [0.5, 0.6) is 0 Å². The van der Waals surface area contributed by atoms with Gasteiger partial charge in [-0.05, 0) is 98.0 Å². The molecular formula is C30H36N2O2S. The van der Waals surface area contributed by atoms with Gasteiger partial charge in [-0.3, -0.25) is 4.21 Å². The number of benzene rings is 3. The van der Waals surface area contributed by atoms with Crippen molar-refractivity contribution in [2.45, 2.75) is 57.7 Å². The van der Waals surface area contributed by atoms with Gasteiger partial charge >= 0.3 is 0 Å². The Kier molecular flexibility index (Phi) is 8.07. The van der Waals surface area contributed by atoms with Crippen LogP contribution in [0.15, 0.2) is 60.7 Å². The van der Waals surface area contributed by atoms with Gasteiger partial charge in [-0.15, -0.1) is 0 Å². The van der Waals surface area contributed by atoms with Crippen LogP contribution in [-0.4, -0.2) is 22.0 Å². The number of fused-ring (bicyclic) bond motifs is 1. The number of rotatable bonds is 8. The number of hydrogen-bond acceptors (Lipinski definition) is 4. The predicted octanol–water partition coefficient (Wildman–Crippen LogP) is 6.66. The Morgan fingerprint density at radius 1 is 0.971 bits per heavy atom. The SMILES string of the molecule is Cc1ccc(NC(C=O)c2cc(Nc3cccc4c3CCC(C(C)S(C)=O)CC4)ccc2C)cc1. The van der Waals surface area contributed by atoms with Crippen molar-refractivity contribution in [2.24, 2.45) is 5.92 Å². The van der Waals surface area contributed by atoms with E-state index in [9.17, 15) is 9.00 Å². The molecule has 4 unspecified atom stereocenters. The molecule has 0 aliphatic heterocycles. The van der Waals surface area contributed by atoms with Crippen molar-refractivity contribution >= 4 is 34.1 Å². The second-order valence-electron chi connectivity index (χ2n) is 9.80. The minimum Gasteiger partial charge on any atom is -0.372 e. The molecule has 3 aromatic carbocycles. The number of aldehydes is 1. The molecule has 4 rings (SSSR count). The molecule has 2 N–H and O–H groups in total. The molecule has 0 amide bonds. The summed E-state index contributed by atoms with van der Waals surface area (Å²) in [5, 5.41) is 7.23. The van der Waals surface area contributed by atoms with E-state index in [2.05, 4.69) is 60.9 Å². The maximum atomic E-state index is 12.1. The van der Waals surface area contributed by atoms with Crippen LogP contribution in [0.4, 0.5) is 17.1 Å². The Hall–Kier alpha value is -2.92. The summed E-state index contributed by atoms with van der Waals surface area (Å²) in [7, 11) is -0.795. The average molecular weight is 489 g/mol. The summed E-state index contributed by atoms with van der Waals surface area (Å²) in [4.78, 5) is 12.1. The third-order valence-corrected chi connectivity index (χ3v) is 8.85. The minimum absolute atomic E-state index is 0.224. The number of carbonyl (C=O) groups is 1. The number of carbonyl (C=O) groups excluding carboxylic acids is 1. The van der Waals surface area contributed by atoms with Gasteiger partial charge in [0.25, 0.3) is 0 Å². The maximum Gasteiger partial charge on any atom is 0.146 e. The third-order valence-electron chi connectivity index (χ3n) is 7.41. The van der Waals surface area contributed by atoms with Crippen LogP contribution >= 0.6 is 0 Å². The van der Waals surface area contributed by atoms with Crippen molar-refractivity contribution in [1.29, 1.82) is 0 Å². The first kappa shape index (κ1) is 25.2. The highest BCUT2D eigenvalue weighted by Crippen LogP contribution is 2.34. The number of anilines is 3. The molecule has 0 saturated carbocycles. The van der Waals surface area contributed by atoms with Crippen molar-refractivity contribution in [3.05, 3.63) is 88.5 Å². The molecular weight excluding hydrogens is 452 g/mol. The molecule has 0 bridgehead atoms. The fourth-order valence-corrected chi connectivity index (χ4v) is 5.87. The van der Waals surface area contributed by atoms with Crippen molar-refractivity contribution in [2.75, 3.05) is 16.9 Å². The van der Waals surface area contributed by atoms with Gasteiger partial charge in [-0.1, -0.05) is 42.8 Å². The van der Waals surface area contributed by atoms with Gasteiger partial charge in [0.05, 0.1) is 0 Å². The predicted molar refractivity (Wildman–Crippen MR) is 148 cm³/mol. The smallest absolute Gasteiger partial charge is 0.146 e. The summed E-state index contributed by atoms with van der Waals surface area (Å²) < 4.78 is 12.1. The van der Waals surface area contributed by atoms with Crippen molar-refractivity contribution in [3.63, 3.8) is 0 Å². The lowest BCUT2D eigenvalue weighted by Crippen LogP contribution is -2.22. The van der Waals surface area contributed by atoms with Gasteiger partial charge in [-0.25, -0.2) is 0 Å². The summed E-state index contributed by atoms with van der Waals surface area (Å²) in [5.41, 5.74) is 8.98. The topological polar surface area (TPSA) is 58.2 Å². The number of aryl methyl sites for hydroxylation is 3. The highest BCUT2D eigenvalue weighted by molar-refractivity contribution is 7.84. The molecule has 1 aliphatic carbocycles. The molecule has 5 heteroatoms. The lowest BCUT2D eigenvalue weighted by molar-refractivity contribution is -0.108. The first-order valence-corrected chi connectivity index (χ1v) is 14.1. The van der Waals surface area contributed by atoms with Crippen LogP contribution in [-0.2, 0) is 28.4 Å². The minimum atomic E-state index is -0.795. The Labute approximate surface area is 212 Å². The monoisotopic (exact) mass is 488 g/mol. The maximum absolute atomic E-state index is 12.1. The van der Waals surface area contributed by atoms with Gasteiger partial charge in [0.2, 0.25) is 0 Å². The lowest BCUT2D eigenvalue weighted by Gasteiger charge is -2.20. The second kappa shape index (κ2) is 11.2. The van der Waals surface area contributed by atoms with E-state index in [4.69, 9.17) is 0 Å². The zero-order chi connectivity index (χ0) is 24.9. The summed E-state index contributed by atoms with van der Waals surface area (Å²) in [5.74, 6) is 0.480. The molecule has 3 aromatic rings. The van der Waals surface area contributed by atoms with E-state index < -0.39 is 16.8 Å². The lowest BCUT2D eigenvalue weighted by atomic mass is 9.96. The van der Waals surface area contributed by atoms with Crippen molar-refractivity contribution < 1.29 is 9.00 Å². The fourth-order valence-electron chi connectivity index (χ4n) is 5.06. The molecule has 0 radical (unpaired) electrons. The number of nitrogens with one attached hydrogen (secondary N) is 2. The van der Waals surface area contributed by atoms with Crippen molar-refractivity contribution in [3.8, 4) is 0 Å². The molecule has 0 saturated heterocycles. The van der Waals surface area contributed by atoms with E-state index in [-0.39, 0.29) is 5.25 Å². The van der Waals surface area contributed by atoms with Crippen LogP contribution in [0, 0.1) is 19.8 Å². The summed E-state index contributed by atoms with van der Waals surface area (Å²) in [6.07, 6.45) is 6.93. The molecule has 35 heavy (non-hydrogen) atoms. The van der Waals surface area contributed by atoms with E-state index in [1.807, 2.05) is 37.4 Å². The van der Waals surface area contributed by atoms with Gasteiger partial charge in [0.15, 0.2) is 0 Å². The van der Waals surface area contributed by atoms with Crippen LogP contribution in [0.3, 0.4) is 0 Å². The van der Waals surface area contributed by atoms with Gasteiger partial charge in [-0.2, -0.15) is 0 Å².